The molecule has 0 saturated heterocycles. The standard InChI is InChI=1S/C25H24N2O3/c1-2-17-26-25(29)22-10-6-7-11-23(22)27-24(28)20-12-14-21(15-13-20)30-18-16-19-8-4-3-5-9-19/h2-15H,1,16-18H2,(H,26,29)(H,27,28). The highest BCUT2D eigenvalue weighted by Crippen LogP contribution is 2.18. The van der Waals surface area contributed by atoms with E-state index in [2.05, 4.69) is 29.3 Å². The molecule has 0 radical (unpaired) electrons. The molecular formula is C25H24N2O3. The van der Waals surface area contributed by atoms with E-state index >= 15 is 0 Å². The van der Waals surface area contributed by atoms with Crippen molar-refractivity contribution in [3.63, 3.8) is 0 Å². The number of para-hydroxylation sites is 1. The average Bonchev–Trinajstić information content (AvgIpc) is 2.79. The number of amides is 2. The second-order valence-corrected chi connectivity index (χ2v) is 6.61. The minimum atomic E-state index is -0.296. The van der Waals surface area contributed by atoms with Crippen LogP contribution < -0.4 is 15.4 Å². The van der Waals surface area contributed by atoms with Crippen LogP contribution >= 0.6 is 0 Å². The summed E-state index contributed by atoms with van der Waals surface area (Å²) in [6.07, 6.45) is 2.41. The van der Waals surface area contributed by atoms with Crippen LogP contribution in [0.25, 0.3) is 0 Å². The molecule has 3 aromatic carbocycles. The number of carbonyl (C=O) groups is 2. The summed E-state index contributed by atoms with van der Waals surface area (Å²) in [5, 5.41) is 5.52. The summed E-state index contributed by atoms with van der Waals surface area (Å²) in [5.41, 5.74) is 2.54. The van der Waals surface area contributed by atoms with E-state index in [1.54, 1.807) is 54.6 Å². The van der Waals surface area contributed by atoms with Crippen LogP contribution in [0.15, 0.2) is 91.5 Å². The summed E-state index contributed by atoms with van der Waals surface area (Å²) in [6, 6.07) is 23.9. The number of benzene rings is 3. The van der Waals surface area contributed by atoms with Crippen molar-refractivity contribution in [2.75, 3.05) is 18.5 Å². The number of nitrogens with one attached hydrogen (secondary N) is 2. The van der Waals surface area contributed by atoms with E-state index in [0.717, 1.165) is 6.42 Å². The van der Waals surface area contributed by atoms with Gasteiger partial charge in [0.1, 0.15) is 5.75 Å². The Labute approximate surface area is 176 Å². The van der Waals surface area contributed by atoms with Gasteiger partial charge < -0.3 is 15.4 Å². The van der Waals surface area contributed by atoms with Gasteiger partial charge in [0.2, 0.25) is 0 Å². The van der Waals surface area contributed by atoms with Crippen molar-refractivity contribution in [3.05, 3.63) is 108 Å². The molecule has 0 saturated carbocycles. The van der Waals surface area contributed by atoms with Crippen molar-refractivity contribution in [1.82, 2.24) is 5.32 Å². The predicted molar refractivity (Wildman–Crippen MR) is 119 cm³/mol. The first kappa shape index (κ1) is 20.9. The van der Waals surface area contributed by atoms with Crippen molar-refractivity contribution in [2.45, 2.75) is 6.42 Å². The molecule has 2 N–H and O–H groups in total. The molecule has 5 heteroatoms. The highest BCUT2D eigenvalue weighted by Gasteiger charge is 2.13. The van der Waals surface area contributed by atoms with Crippen molar-refractivity contribution in [2.24, 2.45) is 0 Å². The Bertz CT molecular complexity index is 998. The minimum Gasteiger partial charge on any atom is -0.493 e. The summed E-state index contributed by atoms with van der Waals surface area (Å²) in [7, 11) is 0. The average molecular weight is 400 g/mol. The van der Waals surface area contributed by atoms with Crippen LogP contribution in [-0.2, 0) is 6.42 Å². The van der Waals surface area contributed by atoms with Gasteiger partial charge >= 0.3 is 0 Å². The van der Waals surface area contributed by atoms with E-state index in [1.165, 1.54) is 5.56 Å². The van der Waals surface area contributed by atoms with Gasteiger partial charge in [-0.3, -0.25) is 9.59 Å². The molecule has 0 heterocycles. The predicted octanol–water partition coefficient (Wildman–Crippen LogP) is 4.48. The van der Waals surface area contributed by atoms with Gasteiger partial charge in [0.15, 0.2) is 0 Å². The van der Waals surface area contributed by atoms with E-state index in [4.69, 9.17) is 4.74 Å². The Balaban J connectivity index is 1.58. The molecule has 3 rings (SSSR count). The summed E-state index contributed by atoms with van der Waals surface area (Å²) < 4.78 is 5.76. The molecule has 0 unspecified atom stereocenters. The van der Waals surface area contributed by atoms with Crippen molar-refractivity contribution < 1.29 is 14.3 Å². The number of hydrogen-bond acceptors (Lipinski definition) is 3. The smallest absolute Gasteiger partial charge is 0.255 e. The van der Waals surface area contributed by atoms with E-state index < -0.39 is 0 Å². The lowest BCUT2D eigenvalue weighted by atomic mass is 10.1. The molecule has 152 valence electrons. The third kappa shape index (κ3) is 5.82. The molecule has 0 aromatic heterocycles. The number of anilines is 1. The molecule has 0 aliphatic carbocycles. The van der Waals surface area contributed by atoms with Gasteiger partial charge in [0.05, 0.1) is 17.9 Å². The summed E-state index contributed by atoms with van der Waals surface area (Å²) in [4.78, 5) is 24.9. The maximum atomic E-state index is 12.6. The Morgan fingerprint density at radius 1 is 0.867 bits per heavy atom. The second-order valence-electron chi connectivity index (χ2n) is 6.61. The topological polar surface area (TPSA) is 67.4 Å². The van der Waals surface area contributed by atoms with Gasteiger partial charge in [-0.2, -0.15) is 0 Å². The second kappa shape index (κ2) is 10.6. The van der Waals surface area contributed by atoms with Gasteiger partial charge in [-0.05, 0) is 42.0 Å². The molecular weight excluding hydrogens is 376 g/mol. The van der Waals surface area contributed by atoms with E-state index in [1.807, 2.05) is 18.2 Å². The Hall–Kier alpha value is -3.86. The maximum Gasteiger partial charge on any atom is 0.255 e. The zero-order valence-electron chi connectivity index (χ0n) is 16.6. The van der Waals surface area contributed by atoms with Crippen LogP contribution in [0, 0.1) is 0 Å². The van der Waals surface area contributed by atoms with Crippen LogP contribution in [0.4, 0.5) is 5.69 Å². The quantitative estimate of drug-likeness (QED) is 0.521. The maximum absolute atomic E-state index is 12.6. The molecule has 0 atom stereocenters. The molecule has 3 aromatic rings. The third-order valence-corrected chi connectivity index (χ3v) is 4.45. The molecule has 0 aliphatic heterocycles. The Morgan fingerprint density at radius 2 is 1.57 bits per heavy atom. The fourth-order valence-corrected chi connectivity index (χ4v) is 2.88. The van der Waals surface area contributed by atoms with Gasteiger partial charge in [0, 0.05) is 18.5 Å². The molecule has 2 amide bonds. The highest BCUT2D eigenvalue weighted by molar-refractivity contribution is 6.09. The lowest BCUT2D eigenvalue weighted by Crippen LogP contribution is -2.25. The van der Waals surface area contributed by atoms with Gasteiger partial charge in [-0.1, -0.05) is 48.5 Å². The highest BCUT2D eigenvalue weighted by atomic mass is 16.5. The lowest BCUT2D eigenvalue weighted by molar-refractivity contribution is 0.0959. The van der Waals surface area contributed by atoms with E-state index in [9.17, 15) is 9.59 Å². The molecule has 30 heavy (non-hydrogen) atoms. The Kier molecular flexibility index (Phi) is 7.39. The molecule has 0 fully saturated rings. The normalized spacial score (nSPS) is 10.1. The SMILES string of the molecule is C=CCNC(=O)c1ccccc1NC(=O)c1ccc(OCCc2ccccc2)cc1. The summed E-state index contributed by atoms with van der Waals surface area (Å²) in [6.45, 7) is 4.50. The van der Waals surface area contributed by atoms with Crippen molar-refractivity contribution in [3.8, 4) is 5.75 Å². The molecule has 0 bridgehead atoms. The van der Waals surface area contributed by atoms with Crippen molar-refractivity contribution in [1.29, 1.82) is 0 Å². The fourth-order valence-electron chi connectivity index (χ4n) is 2.88. The fraction of sp³-hybridized carbons (Fsp3) is 0.120. The number of ether oxygens (including phenoxy) is 1. The van der Waals surface area contributed by atoms with Crippen LogP contribution in [0.1, 0.15) is 26.3 Å². The monoisotopic (exact) mass is 400 g/mol. The minimum absolute atomic E-state index is 0.270. The third-order valence-electron chi connectivity index (χ3n) is 4.45. The summed E-state index contributed by atoms with van der Waals surface area (Å²) in [5.74, 6) is 0.134. The first-order valence-corrected chi connectivity index (χ1v) is 9.73. The van der Waals surface area contributed by atoms with Crippen LogP contribution in [0.3, 0.4) is 0 Å². The van der Waals surface area contributed by atoms with E-state index in [0.29, 0.717) is 35.7 Å². The van der Waals surface area contributed by atoms with Crippen LogP contribution in [0.5, 0.6) is 5.75 Å². The molecule has 0 aliphatic rings. The van der Waals surface area contributed by atoms with Gasteiger partial charge in [0.25, 0.3) is 11.8 Å². The van der Waals surface area contributed by atoms with Crippen LogP contribution in [-0.4, -0.2) is 25.0 Å². The zero-order chi connectivity index (χ0) is 21.2. The van der Waals surface area contributed by atoms with Gasteiger partial charge in [-0.25, -0.2) is 0 Å². The lowest BCUT2D eigenvalue weighted by Gasteiger charge is -2.11. The molecule has 5 nitrogen and oxygen atoms in total. The number of carbonyl (C=O) groups excluding carboxylic acids is 2. The zero-order valence-corrected chi connectivity index (χ0v) is 16.6. The largest absolute Gasteiger partial charge is 0.493 e. The Morgan fingerprint density at radius 3 is 2.30 bits per heavy atom. The number of hydrogen-bond donors (Lipinski definition) is 2. The first-order valence-electron chi connectivity index (χ1n) is 9.73. The van der Waals surface area contributed by atoms with Crippen LogP contribution in [0.2, 0.25) is 0 Å². The number of rotatable bonds is 9. The van der Waals surface area contributed by atoms with Gasteiger partial charge in [-0.15, -0.1) is 6.58 Å². The first-order chi connectivity index (χ1) is 14.7. The molecule has 0 spiro atoms. The van der Waals surface area contributed by atoms with E-state index in [-0.39, 0.29) is 11.8 Å². The van der Waals surface area contributed by atoms with Crippen molar-refractivity contribution >= 4 is 17.5 Å². The summed E-state index contributed by atoms with van der Waals surface area (Å²) >= 11 is 0.